The maximum Gasteiger partial charge on any atom is 0.459 e. The third-order valence-electron chi connectivity index (χ3n) is 5.67. The summed E-state index contributed by atoms with van der Waals surface area (Å²) < 4.78 is 37.0. The average Bonchev–Trinajstić information content (AvgIpc) is 3.42. The summed E-state index contributed by atoms with van der Waals surface area (Å²) in [6.45, 7) is 2.33. The number of nitrogens with one attached hydrogen (secondary N) is 1. The lowest BCUT2D eigenvalue weighted by Gasteiger charge is -2.26. The van der Waals surface area contributed by atoms with Crippen LogP contribution in [-0.2, 0) is 23.4 Å². The predicted molar refractivity (Wildman–Crippen MR) is 135 cm³/mol. The summed E-state index contributed by atoms with van der Waals surface area (Å²) in [5, 5.41) is 25.0. The summed E-state index contributed by atoms with van der Waals surface area (Å²) in [5.41, 5.74) is 4.00. The first-order chi connectivity index (χ1) is 18.1. The van der Waals surface area contributed by atoms with Crippen LogP contribution in [-0.4, -0.2) is 67.8 Å². The minimum Gasteiger partial charge on any atom is -0.462 e. The number of fused-ring (bicyclic) bond motifs is 1. The molecule has 1 aliphatic heterocycles. The Balaban J connectivity index is 1.54. The third-order valence-corrected chi connectivity index (χ3v) is 7.15. The number of hydrogen-bond donors (Lipinski definition) is 4. The fourth-order valence-electron chi connectivity index (χ4n) is 3.88. The summed E-state index contributed by atoms with van der Waals surface area (Å²) in [5.74, 6) is 1.91. The first kappa shape index (κ1) is 27.5. The lowest BCUT2D eigenvalue weighted by Crippen LogP contribution is -2.46. The highest BCUT2D eigenvalue weighted by Crippen LogP contribution is 2.46. The lowest BCUT2D eigenvalue weighted by molar-refractivity contribution is -0.146. The van der Waals surface area contributed by atoms with Crippen LogP contribution in [0.2, 0.25) is 0 Å². The Labute approximate surface area is 218 Å². The maximum absolute atomic E-state index is 13.6. The number of benzene rings is 1. The molecule has 2 aromatic heterocycles. The van der Waals surface area contributed by atoms with E-state index >= 15 is 0 Å². The van der Waals surface area contributed by atoms with Crippen LogP contribution < -0.4 is 15.3 Å². The van der Waals surface area contributed by atoms with Crippen LogP contribution in [0.4, 0.5) is 5.82 Å². The van der Waals surface area contributed by atoms with Gasteiger partial charge in [0.2, 0.25) is 0 Å². The standard InChI is InChI=1S/C24H28N5O8P/c1-4-24(32)20(31)18(36-23(24)29-11-10-17-21(25)26-14-27-22(17)29)13-34-38(33,28-12-19(30)35-15(2)3)37-16-8-6-5-7-9-16/h1,5-11,14-15,18,20,23,31-32H,12-13H2,2-3H3,(H,28,33)(H2,25,26,27)/t18-,20-,23-,24-,38?/m1/s1. The molecule has 0 aliphatic carbocycles. The molecule has 5 atom stereocenters. The minimum atomic E-state index is -4.21. The van der Waals surface area contributed by atoms with Crippen LogP contribution in [0.1, 0.15) is 20.1 Å². The summed E-state index contributed by atoms with van der Waals surface area (Å²) in [4.78, 5) is 20.1. The molecule has 0 radical (unpaired) electrons. The number of ether oxygens (including phenoxy) is 2. The molecule has 0 spiro atoms. The maximum atomic E-state index is 13.6. The second kappa shape index (κ2) is 11.1. The Morgan fingerprint density at radius 2 is 2.08 bits per heavy atom. The molecule has 1 aromatic carbocycles. The van der Waals surface area contributed by atoms with E-state index in [1.807, 2.05) is 0 Å². The topological polar surface area (TPSA) is 180 Å². The first-order valence-corrected chi connectivity index (χ1v) is 13.1. The zero-order chi connectivity index (χ0) is 27.5. The molecule has 1 fully saturated rings. The van der Waals surface area contributed by atoms with Gasteiger partial charge in [-0.25, -0.2) is 19.6 Å². The molecule has 0 bridgehead atoms. The number of aromatic nitrogens is 3. The Kier molecular flexibility index (Phi) is 8.03. The molecule has 4 rings (SSSR count). The fraction of sp³-hybridized carbons (Fsp3) is 0.375. The van der Waals surface area contributed by atoms with Crippen molar-refractivity contribution in [2.24, 2.45) is 0 Å². The van der Waals surface area contributed by atoms with Crippen molar-refractivity contribution in [2.45, 2.75) is 44.0 Å². The van der Waals surface area contributed by atoms with Crippen molar-refractivity contribution in [2.75, 3.05) is 18.9 Å². The Morgan fingerprint density at radius 3 is 2.76 bits per heavy atom. The van der Waals surface area contributed by atoms with Crippen molar-refractivity contribution in [1.82, 2.24) is 19.6 Å². The molecule has 1 saturated heterocycles. The van der Waals surface area contributed by atoms with E-state index in [4.69, 9.17) is 30.7 Å². The van der Waals surface area contributed by atoms with Gasteiger partial charge in [0.15, 0.2) is 11.8 Å². The van der Waals surface area contributed by atoms with Gasteiger partial charge in [-0.2, -0.15) is 0 Å². The number of para-hydroxylation sites is 1. The van der Waals surface area contributed by atoms with E-state index in [0.717, 1.165) is 0 Å². The van der Waals surface area contributed by atoms with Gasteiger partial charge in [0.05, 0.1) is 18.1 Å². The number of nitrogens with two attached hydrogens (primary N) is 1. The van der Waals surface area contributed by atoms with E-state index in [-0.39, 0.29) is 17.7 Å². The number of aliphatic hydroxyl groups excluding tert-OH is 1. The predicted octanol–water partition coefficient (Wildman–Crippen LogP) is 1.38. The van der Waals surface area contributed by atoms with Gasteiger partial charge in [-0.3, -0.25) is 9.32 Å². The van der Waals surface area contributed by atoms with Crippen LogP contribution in [0.15, 0.2) is 48.9 Å². The number of carbonyl (C=O) groups excluding carboxylic acids is 1. The highest BCUT2D eigenvalue weighted by molar-refractivity contribution is 7.52. The van der Waals surface area contributed by atoms with Gasteiger partial charge in [-0.1, -0.05) is 24.1 Å². The first-order valence-electron chi connectivity index (χ1n) is 11.6. The van der Waals surface area contributed by atoms with Crippen molar-refractivity contribution in [1.29, 1.82) is 0 Å². The summed E-state index contributed by atoms with van der Waals surface area (Å²) in [6, 6.07) is 9.76. The van der Waals surface area contributed by atoms with Crippen molar-refractivity contribution in [3.8, 4) is 18.1 Å². The van der Waals surface area contributed by atoms with Gasteiger partial charge in [0.1, 0.15) is 42.3 Å². The monoisotopic (exact) mass is 545 g/mol. The van der Waals surface area contributed by atoms with E-state index in [0.29, 0.717) is 11.0 Å². The van der Waals surface area contributed by atoms with Crippen molar-refractivity contribution in [3.63, 3.8) is 0 Å². The van der Waals surface area contributed by atoms with Gasteiger partial charge < -0.3 is 34.5 Å². The number of carbonyl (C=O) groups is 1. The number of rotatable bonds is 10. The van der Waals surface area contributed by atoms with E-state index in [9.17, 15) is 19.6 Å². The zero-order valence-electron chi connectivity index (χ0n) is 20.6. The van der Waals surface area contributed by atoms with E-state index in [1.165, 1.54) is 17.1 Å². The fourth-order valence-corrected chi connectivity index (χ4v) is 5.15. The molecule has 14 heteroatoms. The Morgan fingerprint density at radius 1 is 1.34 bits per heavy atom. The largest absolute Gasteiger partial charge is 0.462 e. The molecule has 202 valence electrons. The normalized spacial score (nSPS) is 24.7. The molecule has 3 heterocycles. The molecule has 0 amide bonds. The molecule has 1 unspecified atom stereocenters. The number of nitrogen functional groups attached to an aromatic ring is 1. The summed E-state index contributed by atoms with van der Waals surface area (Å²) in [6.07, 6.45) is 3.77. The number of terminal acetylenes is 1. The summed E-state index contributed by atoms with van der Waals surface area (Å²) in [7, 11) is -4.21. The number of nitrogens with zero attached hydrogens (tertiary/aromatic N) is 3. The molecule has 3 aromatic rings. The molecule has 5 N–H and O–H groups in total. The average molecular weight is 545 g/mol. The van der Waals surface area contributed by atoms with Crippen molar-refractivity contribution in [3.05, 3.63) is 48.9 Å². The lowest BCUT2D eigenvalue weighted by atomic mass is 9.95. The smallest absolute Gasteiger partial charge is 0.459 e. The molecular formula is C24H28N5O8P. The Hall–Kier alpha value is -3.50. The Bertz CT molecular complexity index is 1380. The van der Waals surface area contributed by atoms with Gasteiger partial charge in [-0.15, -0.1) is 6.42 Å². The number of hydrogen-bond acceptors (Lipinski definition) is 11. The highest BCUT2D eigenvalue weighted by Gasteiger charge is 2.56. The number of anilines is 1. The molecule has 13 nitrogen and oxygen atoms in total. The van der Waals surface area contributed by atoms with Crippen LogP contribution in [0.3, 0.4) is 0 Å². The zero-order valence-corrected chi connectivity index (χ0v) is 21.5. The van der Waals surface area contributed by atoms with Crippen LogP contribution in [0.5, 0.6) is 5.75 Å². The highest BCUT2D eigenvalue weighted by atomic mass is 31.2. The second-order valence-corrected chi connectivity index (χ2v) is 10.5. The second-order valence-electron chi connectivity index (χ2n) is 8.73. The minimum absolute atomic E-state index is 0.197. The summed E-state index contributed by atoms with van der Waals surface area (Å²) >= 11 is 0. The van der Waals surface area contributed by atoms with Gasteiger partial charge in [0, 0.05) is 6.20 Å². The molecule has 0 saturated carbocycles. The van der Waals surface area contributed by atoms with Gasteiger partial charge in [0.25, 0.3) is 0 Å². The van der Waals surface area contributed by atoms with Gasteiger partial charge in [-0.05, 0) is 32.0 Å². The van der Waals surface area contributed by atoms with Crippen molar-refractivity contribution < 1.29 is 38.1 Å². The van der Waals surface area contributed by atoms with Crippen molar-refractivity contribution >= 4 is 30.6 Å². The van der Waals surface area contributed by atoms with Gasteiger partial charge >= 0.3 is 13.7 Å². The molecule has 38 heavy (non-hydrogen) atoms. The van der Waals surface area contributed by atoms with E-state index in [1.54, 1.807) is 50.2 Å². The van der Waals surface area contributed by atoms with Crippen LogP contribution in [0.25, 0.3) is 11.0 Å². The quantitative estimate of drug-likeness (QED) is 0.164. The number of aliphatic hydroxyl groups is 2. The number of esters is 1. The SMILES string of the molecule is C#C[C@@]1(O)[C@H](O)[C@@H](COP(=O)(NCC(=O)OC(C)C)Oc2ccccc2)O[C@H]1n1ccc2c(N)ncnc21. The third kappa shape index (κ3) is 5.66. The molecule has 1 aliphatic rings. The van der Waals surface area contributed by atoms with E-state index in [2.05, 4.69) is 21.0 Å². The van der Waals surface area contributed by atoms with Crippen LogP contribution >= 0.6 is 7.75 Å². The van der Waals surface area contributed by atoms with Crippen LogP contribution in [0, 0.1) is 12.3 Å². The van der Waals surface area contributed by atoms with E-state index < -0.39 is 50.9 Å². The molecular weight excluding hydrogens is 517 g/mol.